The van der Waals surface area contributed by atoms with Gasteiger partial charge >= 0.3 is 0 Å². The molecule has 0 saturated carbocycles. The van der Waals surface area contributed by atoms with Crippen molar-refractivity contribution in [1.29, 1.82) is 0 Å². The van der Waals surface area contributed by atoms with E-state index in [-0.39, 0.29) is 10.7 Å². The first-order valence-electron chi connectivity index (χ1n) is 5.14. The van der Waals surface area contributed by atoms with E-state index in [1.54, 1.807) is 12.1 Å². The highest BCUT2D eigenvalue weighted by molar-refractivity contribution is 6.32. The van der Waals surface area contributed by atoms with Crippen molar-refractivity contribution in [2.45, 2.75) is 6.42 Å². The minimum Gasteiger partial charge on any atom is -0.258 e. The molecule has 4 heteroatoms. The van der Waals surface area contributed by atoms with Gasteiger partial charge in [-0.2, -0.15) is 0 Å². The number of halogens is 1. The molecule has 0 aliphatic carbocycles. The van der Waals surface area contributed by atoms with Gasteiger partial charge in [0, 0.05) is 12.0 Å². The fraction of sp³-hybridized carbons (Fsp3) is 0.0769. The Morgan fingerprint density at radius 3 is 2.41 bits per heavy atom. The van der Waals surface area contributed by atoms with Crippen LogP contribution in [0, 0.1) is 10.1 Å². The molecule has 0 aliphatic rings. The zero-order valence-electron chi connectivity index (χ0n) is 8.97. The molecule has 0 bridgehead atoms. The maximum atomic E-state index is 11.0. The summed E-state index contributed by atoms with van der Waals surface area (Å²) in [4.78, 5) is 10.5. The van der Waals surface area contributed by atoms with Gasteiger partial charge in [-0.1, -0.05) is 54.1 Å². The Hall–Kier alpha value is -1.87. The molecule has 0 N–H and O–H groups in total. The van der Waals surface area contributed by atoms with Crippen molar-refractivity contribution in [3.63, 3.8) is 0 Å². The van der Waals surface area contributed by atoms with Crippen LogP contribution in [0.3, 0.4) is 0 Å². The summed E-state index contributed by atoms with van der Waals surface area (Å²) in [5.41, 5.74) is 1.66. The molecule has 0 heterocycles. The molecule has 0 unspecified atom stereocenters. The molecular formula is C13H10ClNO2. The van der Waals surface area contributed by atoms with Gasteiger partial charge < -0.3 is 0 Å². The van der Waals surface area contributed by atoms with E-state index in [0.29, 0.717) is 12.0 Å². The third-order valence-corrected chi connectivity index (χ3v) is 2.80. The number of nitrogens with zero attached hydrogens (tertiary/aromatic N) is 1. The van der Waals surface area contributed by atoms with Gasteiger partial charge in [0.05, 0.1) is 4.92 Å². The van der Waals surface area contributed by atoms with Gasteiger partial charge in [-0.3, -0.25) is 10.1 Å². The smallest absolute Gasteiger partial charge is 0.258 e. The number of hydrogen-bond acceptors (Lipinski definition) is 2. The summed E-state index contributed by atoms with van der Waals surface area (Å²) < 4.78 is 0. The van der Waals surface area contributed by atoms with Crippen molar-refractivity contribution in [2.24, 2.45) is 0 Å². The molecular weight excluding hydrogens is 238 g/mol. The molecule has 2 rings (SSSR count). The zero-order valence-corrected chi connectivity index (χ0v) is 9.72. The number of nitro benzene ring substituents is 1. The number of benzene rings is 2. The van der Waals surface area contributed by atoms with Crippen molar-refractivity contribution >= 4 is 17.3 Å². The van der Waals surface area contributed by atoms with E-state index in [4.69, 9.17) is 11.6 Å². The lowest BCUT2D eigenvalue weighted by atomic mass is 10.0. The molecule has 17 heavy (non-hydrogen) atoms. The van der Waals surface area contributed by atoms with E-state index in [2.05, 4.69) is 0 Å². The van der Waals surface area contributed by atoms with E-state index >= 15 is 0 Å². The molecule has 86 valence electrons. The van der Waals surface area contributed by atoms with Crippen LogP contribution in [0.15, 0.2) is 48.5 Å². The Bertz CT molecular complexity index is 540. The summed E-state index contributed by atoms with van der Waals surface area (Å²) in [6.45, 7) is 0. The quantitative estimate of drug-likeness (QED) is 0.611. The molecule has 3 nitrogen and oxygen atoms in total. The van der Waals surface area contributed by atoms with Crippen LogP contribution in [0.2, 0.25) is 5.02 Å². The van der Waals surface area contributed by atoms with E-state index in [9.17, 15) is 10.1 Å². The summed E-state index contributed by atoms with van der Waals surface area (Å²) in [6.07, 6.45) is 0.512. The first-order chi connectivity index (χ1) is 8.18. The predicted molar refractivity (Wildman–Crippen MR) is 67.4 cm³/mol. The molecule has 2 aromatic rings. The fourth-order valence-electron chi connectivity index (χ4n) is 1.72. The highest BCUT2D eigenvalue weighted by Gasteiger charge is 2.17. The molecule has 0 aromatic heterocycles. The van der Waals surface area contributed by atoms with Gasteiger partial charge in [-0.15, -0.1) is 0 Å². The van der Waals surface area contributed by atoms with Gasteiger partial charge in [0.1, 0.15) is 5.02 Å². The van der Waals surface area contributed by atoms with Gasteiger partial charge in [-0.25, -0.2) is 0 Å². The molecule has 0 radical (unpaired) electrons. The molecule has 0 atom stereocenters. The number of nitro groups is 1. The van der Waals surface area contributed by atoms with Crippen LogP contribution in [-0.4, -0.2) is 4.92 Å². The molecule has 0 aliphatic heterocycles. The van der Waals surface area contributed by atoms with Gasteiger partial charge in [-0.05, 0) is 11.6 Å². The Kier molecular flexibility index (Phi) is 3.40. The number of hydrogen-bond donors (Lipinski definition) is 0. The highest BCUT2D eigenvalue weighted by Crippen LogP contribution is 2.29. The van der Waals surface area contributed by atoms with Crippen molar-refractivity contribution in [3.8, 4) is 0 Å². The van der Waals surface area contributed by atoms with Crippen molar-refractivity contribution in [1.82, 2.24) is 0 Å². The summed E-state index contributed by atoms with van der Waals surface area (Å²) in [6, 6.07) is 14.6. The SMILES string of the molecule is O=[N+]([O-])c1c(Cl)cccc1Cc1ccccc1. The number of para-hydroxylation sites is 1. The minimum absolute atomic E-state index is 0.00183. The van der Waals surface area contributed by atoms with E-state index in [0.717, 1.165) is 5.56 Å². The summed E-state index contributed by atoms with van der Waals surface area (Å²) >= 11 is 5.85. The maximum Gasteiger partial charge on any atom is 0.291 e. The average molecular weight is 248 g/mol. The first kappa shape index (κ1) is 11.6. The normalized spacial score (nSPS) is 10.2. The van der Waals surface area contributed by atoms with Crippen LogP contribution < -0.4 is 0 Å². The third kappa shape index (κ3) is 2.63. The maximum absolute atomic E-state index is 11.0. The van der Waals surface area contributed by atoms with Crippen LogP contribution >= 0.6 is 11.6 Å². The predicted octanol–water partition coefficient (Wildman–Crippen LogP) is 3.84. The van der Waals surface area contributed by atoms with Gasteiger partial charge in [0.2, 0.25) is 0 Å². The molecule has 0 spiro atoms. The first-order valence-corrected chi connectivity index (χ1v) is 5.52. The lowest BCUT2D eigenvalue weighted by molar-refractivity contribution is -0.385. The summed E-state index contributed by atoms with van der Waals surface area (Å²) in [5.74, 6) is 0. The molecule has 0 amide bonds. The molecule has 0 fully saturated rings. The molecule has 0 saturated heterocycles. The Balaban J connectivity index is 2.40. The highest BCUT2D eigenvalue weighted by atomic mass is 35.5. The van der Waals surface area contributed by atoms with E-state index in [1.165, 1.54) is 6.07 Å². The Morgan fingerprint density at radius 1 is 1.06 bits per heavy atom. The summed E-state index contributed by atoms with van der Waals surface area (Å²) in [5, 5.41) is 11.1. The monoisotopic (exact) mass is 247 g/mol. The van der Waals surface area contributed by atoms with Crippen LogP contribution in [-0.2, 0) is 6.42 Å². The second-order valence-electron chi connectivity index (χ2n) is 3.67. The Labute approximate surface area is 104 Å². The lowest BCUT2D eigenvalue weighted by Crippen LogP contribution is -1.97. The largest absolute Gasteiger partial charge is 0.291 e. The van der Waals surface area contributed by atoms with Crippen LogP contribution in [0.1, 0.15) is 11.1 Å². The van der Waals surface area contributed by atoms with Gasteiger partial charge in [0.15, 0.2) is 0 Å². The van der Waals surface area contributed by atoms with E-state index < -0.39 is 4.92 Å². The van der Waals surface area contributed by atoms with Gasteiger partial charge in [0.25, 0.3) is 5.69 Å². The standard InChI is InChI=1S/C13H10ClNO2/c14-12-8-4-7-11(13(12)15(16)17)9-10-5-2-1-3-6-10/h1-8H,9H2. The third-order valence-electron chi connectivity index (χ3n) is 2.49. The average Bonchev–Trinajstić information content (AvgIpc) is 2.30. The van der Waals surface area contributed by atoms with Crippen LogP contribution in [0.5, 0.6) is 0 Å². The topological polar surface area (TPSA) is 43.1 Å². The summed E-state index contributed by atoms with van der Waals surface area (Å²) in [7, 11) is 0. The van der Waals surface area contributed by atoms with Crippen LogP contribution in [0.25, 0.3) is 0 Å². The second kappa shape index (κ2) is 4.97. The van der Waals surface area contributed by atoms with Crippen LogP contribution in [0.4, 0.5) is 5.69 Å². The number of rotatable bonds is 3. The Morgan fingerprint density at radius 2 is 1.76 bits per heavy atom. The van der Waals surface area contributed by atoms with Crippen molar-refractivity contribution < 1.29 is 4.92 Å². The zero-order chi connectivity index (χ0) is 12.3. The minimum atomic E-state index is -0.430. The van der Waals surface area contributed by atoms with Crippen molar-refractivity contribution in [2.75, 3.05) is 0 Å². The van der Waals surface area contributed by atoms with E-state index in [1.807, 2.05) is 30.3 Å². The lowest BCUT2D eigenvalue weighted by Gasteiger charge is -2.04. The molecule has 2 aromatic carbocycles. The second-order valence-corrected chi connectivity index (χ2v) is 4.07. The fourth-order valence-corrected chi connectivity index (χ4v) is 1.99. The van der Waals surface area contributed by atoms with Crippen molar-refractivity contribution in [3.05, 3.63) is 74.8 Å².